The number of benzene rings is 2. The molecule has 0 fully saturated rings. The summed E-state index contributed by atoms with van der Waals surface area (Å²) in [6.45, 7) is 13.4. The molecule has 1 N–H and O–H groups in total. The van der Waals surface area contributed by atoms with Crippen molar-refractivity contribution in [2.75, 3.05) is 13.2 Å². The summed E-state index contributed by atoms with van der Waals surface area (Å²) < 4.78 is 11.3. The Hall–Kier alpha value is -2.70. The molecular weight excluding hydrogens is 446 g/mol. The number of aromatic nitrogens is 1. The van der Waals surface area contributed by atoms with Gasteiger partial charge in [-0.1, -0.05) is 51.1 Å². The van der Waals surface area contributed by atoms with Crippen molar-refractivity contribution in [2.24, 2.45) is 0 Å². The van der Waals surface area contributed by atoms with E-state index in [9.17, 15) is 9.90 Å². The van der Waals surface area contributed by atoms with Crippen LogP contribution in [0.2, 0.25) is 0 Å². The first-order valence-electron chi connectivity index (χ1n) is 11.7. The minimum absolute atomic E-state index is 0.137. The third-order valence-electron chi connectivity index (χ3n) is 5.86. The Morgan fingerprint density at radius 2 is 1.82 bits per heavy atom. The largest absolute Gasteiger partial charge is 0.493 e. The zero-order chi connectivity index (χ0) is 24.9. The number of aliphatic carboxylic acids is 1. The number of carbonyl (C=O) groups is 1. The molecule has 1 heterocycles. The Labute approximate surface area is 206 Å². The van der Waals surface area contributed by atoms with Gasteiger partial charge in [-0.3, -0.25) is 0 Å². The van der Waals surface area contributed by atoms with Crippen LogP contribution in [0.5, 0.6) is 5.75 Å². The molecule has 1 atom stereocenters. The lowest BCUT2D eigenvalue weighted by Gasteiger charge is -2.18. The molecule has 3 rings (SSSR count). The van der Waals surface area contributed by atoms with Gasteiger partial charge in [0.1, 0.15) is 10.8 Å². The molecule has 1 aromatic heterocycles. The van der Waals surface area contributed by atoms with E-state index in [1.807, 2.05) is 25.1 Å². The Balaban J connectivity index is 1.60. The van der Waals surface area contributed by atoms with Gasteiger partial charge < -0.3 is 14.6 Å². The molecule has 182 valence electrons. The van der Waals surface area contributed by atoms with Crippen molar-refractivity contribution in [2.45, 2.75) is 65.9 Å². The molecule has 0 aliphatic rings. The van der Waals surface area contributed by atoms with E-state index >= 15 is 0 Å². The lowest BCUT2D eigenvalue weighted by molar-refractivity contribution is -0.149. The van der Waals surface area contributed by atoms with Gasteiger partial charge in [0.25, 0.3) is 0 Å². The van der Waals surface area contributed by atoms with Crippen LogP contribution in [-0.4, -0.2) is 35.4 Å². The molecule has 0 spiro atoms. The lowest BCUT2D eigenvalue weighted by Crippen LogP contribution is -2.26. The molecule has 1 unspecified atom stereocenters. The highest BCUT2D eigenvalue weighted by atomic mass is 32.1. The molecule has 0 aliphatic carbocycles. The molecule has 34 heavy (non-hydrogen) atoms. The summed E-state index contributed by atoms with van der Waals surface area (Å²) in [7, 11) is 0. The standard InChI is InChI=1S/C28H35NO4S/c1-7-32-25(27(30)31)17-21-10-13-23(16-18(21)2)33-15-14-24-19(3)34-26(29-24)20-8-11-22(12-9-20)28(4,5)6/h8-13,16,25H,7,14-15,17H2,1-6H3,(H,30,31). The second kappa shape index (κ2) is 11.2. The number of thiazole rings is 1. The van der Waals surface area contributed by atoms with E-state index < -0.39 is 12.1 Å². The van der Waals surface area contributed by atoms with E-state index in [0.717, 1.165) is 39.6 Å². The maximum Gasteiger partial charge on any atom is 0.333 e. The fourth-order valence-electron chi connectivity index (χ4n) is 3.77. The van der Waals surface area contributed by atoms with Crippen LogP contribution in [0.1, 0.15) is 55.0 Å². The summed E-state index contributed by atoms with van der Waals surface area (Å²) in [6, 6.07) is 14.5. The number of rotatable bonds is 10. The number of carboxylic acids is 1. The predicted molar refractivity (Wildman–Crippen MR) is 138 cm³/mol. The summed E-state index contributed by atoms with van der Waals surface area (Å²) in [5, 5.41) is 10.4. The average molecular weight is 482 g/mol. The molecule has 2 aromatic carbocycles. The Bertz CT molecular complexity index is 1110. The first-order chi connectivity index (χ1) is 16.1. The fraction of sp³-hybridized carbons (Fsp3) is 0.429. The van der Waals surface area contributed by atoms with E-state index in [0.29, 0.717) is 19.6 Å². The van der Waals surface area contributed by atoms with Crippen molar-refractivity contribution in [1.29, 1.82) is 0 Å². The van der Waals surface area contributed by atoms with Gasteiger partial charge in [0.2, 0.25) is 0 Å². The third-order valence-corrected chi connectivity index (χ3v) is 6.92. The van der Waals surface area contributed by atoms with Crippen LogP contribution in [-0.2, 0) is 27.8 Å². The monoisotopic (exact) mass is 481 g/mol. The van der Waals surface area contributed by atoms with Crippen LogP contribution in [0, 0.1) is 13.8 Å². The van der Waals surface area contributed by atoms with Crippen LogP contribution in [0.15, 0.2) is 42.5 Å². The Morgan fingerprint density at radius 1 is 1.12 bits per heavy atom. The summed E-state index contributed by atoms with van der Waals surface area (Å²) in [4.78, 5) is 17.4. The van der Waals surface area contributed by atoms with Gasteiger partial charge in [-0.05, 0) is 55.0 Å². The normalized spacial score (nSPS) is 12.5. The van der Waals surface area contributed by atoms with E-state index in [4.69, 9.17) is 14.5 Å². The molecule has 0 saturated carbocycles. The van der Waals surface area contributed by atoms with E-state index in [2.05, 4.69) is 52.0 Å². The number of nitrogens with zero attached hydrogens (tertiary/aromatic N) is 1. The summed E-state index contributed by atoms with van der Waals surface area (Å²) in [5.41, 5.74) is 5.61. The third kappa shape index (κ3) is 6.67. The van der Waals surface area contributed by atoms with Crippen molar-refractivity contribution >= 4 is 17.3 Å². The SMILES string of the molecule is CCOC(Cc1ccc(OCCc2nc(-c3ccc(C(C)(C)C)cc3)sc2C)cc1C)C(=O)O. The minimum Gasteiger partial charge on any atom is -0.493 e. The number of ether oxygens (including phenoxy) is 2. The molecule has 0 amide bonds. The number of hydrogen-bond donors (Lipinski definition) is 1. The van der Waals surface area contributed by atoms with Crippen LogP contribution in [0.3, 0.4) is 0 Å². The molecule has 0 bridgehead atoms. The highest BCUT2D eigenvalue weighted by Crippen LogP contribution is 2.30. The van der Waals surface area contributed by atoms with Crippen LogP contribution >= 0.6 is 11.3 Å². The average Bonchev–Trinajstić information content (AvgIpc) is 3.15. The highest BCUT2D eigenvalue weighted by Gasteiger charge is 2.19. The maximum absolute atomic E-state index is 11.4. The number of aryl methyl sites for hydroxylation is 2. The molecule has 0 radical (unpaired) electrons. The van der Waals surface area contributed by atoms with Crippen molar-refractivity contribution in [3.8, 4) is 16.3 Å². The fourth-order valence-corrected chi connectivity index (χ4v) is 4.73. The Kier molecular flexibility index (Phi) is 8.50. The van der Waals surface area contributed by atoms with Gasteiger partial charge in [-0.25, -0.2) is 9.78 Å². The second-order valence-electron chi connectivity index (χ2n) is 9.52. The minimum atomic E-state index is -0.940. The van der Waals surface area contributed by atoms with Gasteiger partial charge in [0.05, 0.1) is 12.3 Å². The van der Waals surface area contributed by atoms with E-state index in [1.54, 1.807) is 18.3 Å². The highest BCUT2D eigenvalue weighted by molar-refractivity contribution is 7.15. The maximum atomic E-state index is 11.4. The van der Waals surface area contributed by atoms with Gasteiger partial charge in [0.15, 0.2) is 6.10 Å². The predicted octanol–water partition coefficient (Wildman–Crippen LogP) is 6.38. The summed E-state index contributed by atoms with van der Waals surface area (Å²) in [6.07, 6.45) is 0.239. The molecular formula is C28H35NO4S. The van der Waals surface area contributed by atoms with Gasteiger partial charge in [0, 0.05) is 29.9 Å². The smallest absolute Gasteiger partial charge is 0.333 e. The molecule has 0 aliphatic heterocycles. The quantitative estimate of drug-likeness (QED) is 0.364. The first kappa shape index (κ1) is 25.9. The number of carboxylic acid groups (broad SMARTS) is 1. The molecule has 5 nitrogen and oxygen atoms in total. The summed E-state index contributed by atoms with van der Waals surface area (Å²) >= 11 is 1.72. The Morgan fingerprint density at radius 3 is 2.41 bits per heavy atom. The van der Waals surface area contributed by atoms with Gasteiger partial charge in [-0.2, -0.15) is 0 Å². The van der Waals surface area contributed by atoms with Crippen molar-refractivity contribution in [3.05, 3.63) is 69.7 Å². The van der Waals surface area contributed by atoms with E-state index in [-0.39, 0.29) is 5.41 Å². The lowest BCUT2D eigenvalue weighted by atomic mass is 9.87. The molecule has 6 heteroatoms. The second-order valence-corrected chi connectivity index (χ2v) is 10.7. The summed E-state index contributed by atoms with van der Waals surface area (Å²) in [5.74, 6) is -0.167. The van der Waals surface area contributed by atoms with Crippen LogP contribution in [0.25, 0.3) is 10.6 Å². The van der Waals surface area contributed by atoms with Crippen LogP contribution < -0.4 is 4.74 Å². The molecule has 3 aromatic rings. The van der Waals surface area contributed by atoms with Gasteiger partial charge in [-0.15, -0.1) is 11.3 Å². The molecule has 0 saturated heterocycles. The van der Waals surface area contributed by atoms with Gasteiger partial charge >= 0.3 is 5.97 Å². The van der Waals surface area contributed by atoms with Crippen molar-refractivity contribution < 1.29 is 19.4 Å². The number of hydrogen-bond acceptors (Lipinski definition) is 5. The zero-order valence-corrected chi connectivity index (χ0v) is 21.8. The van der Waals surface area contributed by atoms with Crippen molar-refractivity contribution in [1.82, 2.24) is 4.98 Å². The first-order valence-corrected chi connectivity index (χ1v) is 12.5. The van der Waals surface area contributed by atoms with Crippen molar-refractivity contribution in [3.63, 3.8) is 0 Å². The van der Waals surface area contributed by atoms with E-state index in [1.165, 1.54) is 10.4 Å². The zero-order valence-electron chi connectivity index (χ0n) is 21.0. The van der Waals surface area contributed by atoms with Crippen LogP contribution in [0.4, 0.5) is 0 Å². The topological polar surface area (TPSA) is 68.7 Å².